The number of hydrogen-bond donors (Lipinski definition) is 0. The minimum atomic E-state index is 0.507. The molecule has 68 valence electrons. The van der Waals surface area contributed by atoms with Crippen molar-refractivity contribution in [1.82, 2.24) is 0 Å². The Balaban J connectivity index is 2.92. The molecule has 0 spiro atoms. The summed E-state index contributed by atoms with van der Waals surface area (Å²) in [4.78, 5) is 0. The maximum absolute atomic E-state index is 5.61. The summed E-state index contributed by atoms with van der Waals surface area (Å²) in [6.45, 7) is 9.50. The fourth-order valence-corrected chi connectivity index (χ4v) is 1.46. The zero-order valence-electron chi connectivity index (χ0n) is 8.42. The lowest BCUT2D eigenvalue weighted by Crippen LogP contribution is -2.10. The standard InChI is InChI=1S/C11H18O/c1-8(2)10-6-5-7-12-11(10)9(3)4/h5-6,8-9H,7H2,1-4H3. The van der Waals surface area contributed by atoms with Crippen LogP contribution in [0.5, 0.6) is 0 Å². The minimum absolute atomic E-state index is 0.507. The minimum Gasteiger partial charge on any atom is -0.493 e. The van der Waals surface area contributed by atoms with Crippen molar-refractivity contribution in [2.75, 3.05) is 6.61 Å². The van der Waals surface area contributed by atoms with Crippen LogP contribution in [0.25, 0.3) is 0 Å². The van der Waals surface area contributed by atoms with Crippen molar-refractivity contribution in [1.29, 1.82) is 0 Å². The van der Waals surface area contributed by atoms with Gasteiger partial charge in [-0.05, 0) is 17.6 Å². The van der Waals surface area contributed by atoms with Crippen LogP contribution in [0.4, 0.5) is 0 Å². The van der Waals surface area contributed by atoms with Crippen molar-refractivity contribution in [3.8, 4) is 0 Å². The maximum Gasteiger partial charge on any atom is 0.106 e. The highest BCUT2D eigenvalue weighted by atomic mass is 16.5. The molecule has 0 aromatic rings. The fourth-order valence-electron chi connectivity index (χ4n) is 1.46. The highest BCUT2D eigenvalue weighted by molar-refractivity contribution is 5.27. The second kappa shape index (κ2) is 3.79. The normalized spacial score (nSPS) is 17.5. The van der Waals surface area contributed by atoms with Crippen molar-refractivity contribution in [2.24, 2.45) is 11.8 Å². The lowest BCUT2D eigenvalue weighted by Gasteiger charge is -2.22. The number of ether oxygens (including phenoxy) is 1. The molecule has 0 radical (unpaired) electrons. The van der Waals surface area contributed by atoms with E-state index in [1.807, 2.05) is 0 Å². The Morgan fingerprint density at radius 2 is 1.83 bits per heavy atom. The topological polar surface area (TPSA) is 9.23 Å². The Hall–Kier alpha value is -0.720. The van der Waals surface area contributed by atoms with E-state index in [9.17, 15) is 0 Å². The van der Waals surface area contributed by atoms with Gasteiger partial charge in [0, 0.05) is 5.92 Å². The lowest BCUT2D eigenvalue weighted by molar-refractivity contribution is 0.204. The van der Waals surface area contributed by atoms with E-state index in [0.29, 0.717) is 11.8 Å². The predicted octanol–water partition coefficient (Wildman–Crippen LogP) is 3.14. The summed E-state index contributed by atoms with van der Waals surface area (Å²) in [7, 11) is 0. The summed E-state index contributed by atoms with van der Waals surface area (Å²) in [6.07, 6.45) is 4.28. The van der Waals surface area contributed by atoms with Gasteiger partial charge in [0.25, 0.3) is 0 Å². The van der Waals surface area contributed by atoms with E-state index in [4.69, 9.17) is 4.74 Å². The Morgan fingerprint density at radius 3 is 2.25 bits per heavy atom. The Morgan fingerprint density at radius 1 is 1.17 bits per heavy atom. The molecule has 12 heavy (non-hydrogen) atoms. The van der Waals surface area contributed by atoms with Gasteiger partial charge in [-0.2, -0.15) is 0 Å². The van der Waals surface area contributed by atoms with Crippen molar-refractivity contribution >= 4 is 0 Å². The molecule has 0 unspecified atom stereocenters. The average Bonchev–Trinajstić information content (AvgIpc) is 2.04. The van der Waals surface area contributed by atoms with E-state index in [1.165, 1.54) is 11.3 Å². The van der Waals surface area contributed by atoms with Crippen LogP contribution in [0.15, 0.2) is 23.5 Å². The van der Waals surface area contributed by atoms with Gasteiger partial charge in [0.2, 0.25) is 0 Å². The average molecular weight is 166 g/mol. The molecule has 1 heteroatoms. The van der Waals surface area contributed by atoms with E-state index in [1.54, 1.807) is 0 Å². The number of rotatable bonds is 2. The van der Waals surface area contributed by atoms with Gasteiger partial charge in [0.05, 0.1) is 0 Å². The largest absolute Gasteiger partial charge is 0.493 e. The molecule has 0 aromatic carbocycles. The van der Waals surface area contributed by atoms with Crippen molar-refractivity contribution in [3.05, 3.63) is 23.5 Å². The molecule has 0 bridgehead atoms. The van der Waals surface area contributed by atoms with E-state index in [0.717, 1.165) is 6.61 Å². The molecule has 1 heterocycles. The third-order valence-corrected chi connectivity index (χ3v) is 2.06. The van der Waals surface area contributed by atoms with Gasteiger partial charge >= 0.3 is 0 Å². The van der Waals surface area contributed by atoms with Crippen molar-refractivity contribution < 1.29 is 4.74 Å². The van der Waals surface area contributed by atoms with E-state index in [-0.39, 0.29) is 0 Å². The Kier molecular flexibility index (Phi) is 2.96. The van der Waals surface area contributed by atoms with Gasteiger partial charge in [-0.15, -0.1) is 0 Å². The zero-order chi connectivity index (χ0) is 9.14. The highest BCUT2D eigenvalue weighted by Gasteiger charge is 2.15. The second-order valence-electron chi connectivity index (χ2n) is 3.84. The highest BCUT2D eigenvalue weighted by Crippen LogP contribution is 2.25. The van der Waals surface area contributed by atoms with Crippen LogP contribution in [0.3, 0.4) is 0 Å². The first-order valence-corrected chi connectivity index (χ1v) is 4.66. The van der Waals surface area contributed by atoms with Gasteiger partial charge in [0.15, 0.2) is 0 Å². The van der Waals surface area contributed by atoms with Gasteiger partial charge in [-0.3, -0.25) is 0 Å². The first-order valence-electron chi connectivity index (χ1n) is 4.66. The first kappa shape index (κ1) is 9.37. The molecule has 0 atom stereocenters. The molecule has 1 aliphatic rings. The first-order chi connectivity index (χ1) is 5.63. The third kappa shape index (κ3) is 1.90. The van der Waals surface area contributed by atoms with Gasteiger partial charge in [-0.25, -0.2) is 0 Å². The van der Waals surface area contributed by atoms with Gasteiger partial charge in [0.1, 0.15) is 12.4 Å². The van der Waals surface area contributed by atoms with Gasteiger partial charge in [-0.1, -0.05) is 33.8 Å². The second-order valence-corrected chi connectivity index (χ2v) is 3.84. The number of allylic oxidation sites excluding steroid dienone is 3. The molecule has 0 saturated carbocycles. The number of hydrogen-bond acceptors (Lipinski definition) is 1. The Bertz CT molecular complexity index is 209. The summed E-state index contributed by atoms with van der Waals surface area (Å²) >= 11 is 0. The molecule has 1 rings (SSSR count). The molecule has 0 amide bonds. The van der Waals surface area contributed by atoms with Crippen LogP contribution in [0.1, 0.15) is 27.7 Å². The molecule has 0 aliphatic carbocycles. The van der Waals surface area contributed by atoms with Crippen LogP contribution >= 0.6 is 0 Å². The summed E-state index contributed by atoms with van der Waals surface area (Å²) in [5, 5.41) is 0. The molecule has 1 nitrogen and oxygen atoms in total. The SMILES string of the molecule is CC(C)C1=C(C(C)C)OCC=C1. The summed E-state index contributed by atoms with van der Waals surface area (Å²) in [5.41, 5.74) is 1.36. The molecule has 0 saturated heterocycles. The maximum atomic E-state index is 5.61. The molecule has 0 aromatic heterocycles. The fraction of sp³-hybridized carbons (Fsp3) is 0.636. The van der Waals surface area contributed by atoms with Crippen LogP contribution in [0, 0.1) is 11.8 Å². The molecule has 0 fully saturated rings. The van der Waals surface area contributed by atoms with Gasteiger partial charge < -0.3 is 4.74 Å². The van der Waals surface area contributed by atoms with Crippen LogP contribution in [0.2, 0.25) is 0 Å². The summed E-state index contributed by atoms with van der Waals surface area (Å²) < 4.78 is 5.61. The smallest absolute Gasteiger partial charge is 0.106 e. The molecule has 1 aliphatic heterocycles. The van der Waals surface area contributed by atoms with Crippen molar-refractivity contribution in [3.63, 3.8) is 0 Å². The zero-order valence-corrected chi connectivity index (χ0v) is 8.42. The molecule has 0 N–H and O–H groups in total. The summed E-state index contributed by atoms with van der Waals surface area (Å²) in [6, 6.07) is 0. The molecular weight excluding hydrogens is 148 g/mol. The predicted molar refractivity (Wildman–Crippen MR) is 51.8 cm³/mol. The lowest BCUT2D eigenvalue weighted by atomic mass is 9.95. The van der Waals surface area contributed by atoms with Crippen LogP contribution in [-0.2, 0) is 4.74 Å². The third-order valence-electron chi connectivity index (χ3n) is 2.06. The van der Waals surface area contributed by atoms with Crippen LogP contribution < -0.4 is 0 Å². The summed E-state index contributed by atoms with van der Waals surface area (Å²) in [5.74, 6) is 2.25. The van der Waals surface area contributed by atoms with E-state index < -0.39 is 0 Å². The Labute approximate surface area is 75.1 Å². The van der Waals surface area contributed by atoms with E-state index in [2.05, 4.69) is 39.8 Å². The van der Waals surface area contributed by atoms with E-state index >= 15 is 0 Å². The van der Waals surface area contributed by atoms with Crippen LogP contribution in [-0.4, -0.2) is 6.61 Å². The molecular formula is C11H18O. The quantitative estimate of drug-likeness (QED) is 0.612. The van der Waals surface area contributed by atoms with Crippen molar-refractivity contribution in [2.45, 2.75) is 27.7 Å². The monoisotopic (exact) mass is 166 g/mol.